The van der Waals surface area contributed by atoms with E-state index in [0.29, 0.717) is 15.9 Å². The van der Waals surface area contributed by atoms with Crippen molar-refractivity contribution < 1.29 is 4.74 Å². The summed E-state index contributed by atoms with van der Waals surface area (Å²) in [6.07, 6.45) is 1.09. The van der Waals surface area contributed by atoms with E-state index in [1.54, 1.807) is 6.07 Å². The Morgan fingerprint density at radius 1 is 1.50 bits per heavy atom. The number of alkyl halides is 3. The predicted octanol–water partition coefficient (Wildman–Crippen LogP) is 1.31. The second-order valence-corrected chi connectivity index (χ2v) is 7.07. The second kappa shape index (κ2) is 5.99. The third kappa shape index (κ3) is 3.67. The summed E-state index contributed by atoms with van der Waals surface area (Å²) in [5.41, 5.74) is -1.85. The Hall–Kier alpha value is -0.650. The number of rotatable bonds is 3. The highest BCUT2D eigenvalue weighted by Crippen LogP contribution is 2.38. The van der Waals surface area contributed by atoms with Crippen LogP contribution in [0, 0.1) is 11.3 Å². The normalized spacial score (nSPS) is 11.3. The maximum Gasteiger partial charge on any atom is 0.343 e. The molecule has 0 bridgehead atoms. The van der Waals surface area contributed by atoms with Crippen LogP contribution in [0.2, 0.25) is 0 Å². The van der Waals surface area contributed by atoms with E-state index < -0.39 is 14.4 Å². The molecule has 18 heavy (non-hydrogen) atoms. The van der Waals surface area contributed by atoms with Gasteiger partial charge in [-0.1, -0.05) is 34.8 Å². The molecule has 0 radical (unpaired) electrons. The van der Waals surface area contributed by atoms with Crippen LogP contribution < -0.4 is 11.2 Å². The fourth-order valence-electron chi connectivity index (χ4n) is 1.07. The summed E-state index contributed by atoms with van der Waals surface area (Å²) in [6.45, 7) is -0.131. The van der Waals surface area contributed by atoms with Gasteiger partial charge in [0, 0.05) is 25.3 Å². The standard InChI is InChI=1S/C8H6Cl3N3O3S/c1-17-4-13-3-5(2-12)6(15)14(7(13)16)18-8(9,10)11/h3H,4H2,1H3. The number of hydrogen-bond acceptors (Lipinski definition) is 5. The van der Waals surface area contributed by atoms with Crippen molar-refractivity contribution in [3.63, 3.8) is 0 Å². The molecule has 0 aliphatic heterocycles. The van der Waals surface area contributed by atoms with Gasteiger partial charge < -0.3 is 4.74 Å². The van der Waals surface area contributed by atoms with Gasteiger partial charge in [-0.3, -0.25) is 9.36 Å². The number of hydrogen-bond donors (Lipinski definition) is 0. The van der Waals surface area contributed by atoms with Crippen LogP contribution in [-0.4, -0.2) is 18.8 Å². The first kappa shape index (κ1) is 15.4. The van der Waals surface area contributed by atoms with Crippen molar-refractivity contribution in [2.75, 3.05) is 7.11 Å². The van der Waals surface area contributed by atoms with Gasteiger partial charge in [-0.25, -0.2) is 4.79 Å². The van der Waals surface area contributed by atoms with Gasteiger partial charge in [-0.2, -0.15) is 9.23 Å². The summed E-state index contributed by atoms with van der Waals surface area (Å²) in [7, 11) is 1.36. The molecule has 1 rings (SSSR count). The molecule has 0 atom stereocenters. The van der Waals surface area contributed by atoms with Gasteiger partial charge in [0.2, 0.25) is 0 Å². The molecule has 0 saturated heterocycles. The minimum Gasteiger partial charge on any atom is -0.364 e. The molecule has 1 heterocycles. The van der Waals surface area contributed by atoms with Crippen LogP contribution in [0.3, 0.4) is 0 Å². The van der Waals surface area contributed by atoms with Crippen molar-refractivity contribution in [1.82, 2.24) is 8.54 Å². The number of ether oxygens (including phenoxy) is 1. The lowest BCUT2D eigenvalue weighted by atomic mass is 10.4. The molecule has 0 N–H and O–H groups in total. The van der Waals surface area contributed by atoms with Gasteiger partial charge in [-0.15, -0.1) is 0 Å². The number of methoxy groups -OCH3 is 1. The average molecular weight is 331 g/mol. The van der Waals surface area contributed by atoms with E-state index in [4.69, 9.17) is 44.8 Å². The summed E-state index contributed by atoms with van der Waals surface area (Å²) in [5, 5.41) is 8.80. The quantitative estimate of drug-likeness (QED) is 0.781. The first-order valence-electron chi connectivity index (χ1n) is 4.32. The molecular weight excluding hydrogens is 325 g/mol. The van der Waals surface area contributed by atoms with Gasteiger partial charge in [0.1, 0.15) is 18.4 Å². The lowest BCUT2D eigenvalue weighted by Gasteiger charge is -2.13. The molecule has 1 aromatic rings. The van der Waals surface area contributed by atoms with Crippen LogP contribution in [0.1, 0.15) is 5.56 Å². The molecule has 98 valence electrons. The van der Waals surface area contributed by atoms with E-state index in [-0.39, 0.29) is 12.3 Å². The zero-order valence-electron chi connectivity index (χ0n) is 8.89. The highest BCUT2D eigenvalue weighted by molar-refractivity contribution is 8.03. The molecule has 6 nitrogen and oxygen atoms in total. The Labute approximate surface area is 121 Å². The van der Waals surface area contributed by atoms with E-state index in [2.05, 4.69) is 0 Å². The molecule has 0 fully saturated rings. The Morgan fingerprint density at radius 2 is 2.11 bits per heavy atom. The van der Waals surface area contributed by atoms with Crippen molar-refractivity contribution in [1.29, 1.82) is 5.26 Å². The molecule has 0 unspecified atom stereocenters. The monoisotopic (exact) mass is 329 g/mol. The largest absolute Gasteiger partial charge is 0.364 e. The molecule has 0 aliphatic carbocycles. The van der Waals surface area contributed by atoms with E-state index in [0.717, 1.165) is 10.8 Å². The number of nitriles is 1. The third-order valence-electron chi connectivity index (χ3n) is 1.70. The summed E-state index contributed by atoms with van der Waals surface area (Å²) in [5.74, 6) is 0. The molecule has 0 aliphatic rings. The summed E-state index contributed by atoms with van der Waals surface area (Å²) < 4.78 is 4.48. The van der Waals surface area contributed by atoms with Gasteiger partial charge in [-0.05, 0) is 0 Å². The zero-order chi connectivity index (χ0) is 13.9. The molecule has 1 aromatic heterocycles. The van der Waals surface area contributed by atoms with Crippen LogP contribution in [0.15, 0.2) is 15.8 Å². The minimum atomic E-state index is -1.90. The molecule has 0 amide bonds. The lowest BCUT2D eigenvalue weighted by Crippen LogP contribution is -2.39. The van der Waals surface area contributed by atoms with Crippen molar-refractivity contribution >= 4 is 46.8 Å². The number of aromatic nitrogens is 2. The van der Waals surface area contributed by atoms with Crippen LogP contribution in [0.25, 0.3) is 0 Å². The second-order valence-electron chi connectivity index (χ2n) is 2.96. The van der Waals surface area contributed by atoms with E-state index in [9.17, 15) is 9.59 Å². The first-order chi connectivity index (χ1) is 8.30. The Kier molecular flexibility index (Phi) is 5.13. The first-order valence-corrected chi connectivity index (χ1v) is 6.22. The summed E-state index contributed by atoms with van der Waals surface area (Å²) in [6, 6.07) is 1.66. The molecule has 0 aromatic carbocycles. The van der Waals surface area contributed by atoms with Crippen LogP contribution in [-0.2, 0) is 11.5 Å². The summed E-state index contributed by atoms with van der Waals surface area (Å²) >= 11 is 16.9. The van der Waals surface area contributed by atoms with Crippen LogP contribution >= 0.6 is 46.8 Å². The van der Waals surface area contributed by atoms with E-state index in [1.807, 2.05) is 0 Å². The highest BCUT2D eigenvalue weighted by atomic mass is 35.6. The van der Waals surface area contributed by atoms with E-state index >= 15 is 0 Å². The molecule has 0 spiro atoms. The van der Waals surface area contributed by atoms with E-state index in [1.165, 1.54) is 7.11 Å². The maximum absolute atomic E-state index is 11.9. The number of nitrogens with zero attached hydrogens (tertiary/aromatic N) is 3. The Bertz CT molecular complexity index is 599. The highest BCUT2D eigenvalue weighted by Gasteiger charge is 2.25. The summed E-state index contributed by atoms with van der Waals surface area (Å²) in [4.78, 5) is 23.6. The van der Waals surface area contributed by atoms with Gasteiger partial charge in [0.05, 0.1) is 0 Å². The maximum atomic E-state index is 11.9. The van der Waals surface area contributed by atoms with Crippen molar-refractivity contribution in [2.45, 2.75) is 9.86 Å². The Morgan fingerprint density at radius 3 is 2.56 bits per heavy atom. The fourth-order valence-corrected chi connectivity index (χ4v) is 2.26. The van der Waals surface area contributed by atoms with Crippen LogP contribution in [0.4, 0.5) is 0 Å². The zero-order valence-corrected chi connectivity index (χ0v) is 12.0. The number of halogens is 3. The van der Waals surface area contributed by atoms with Gasteiger partial charge >= 0.3 is 5.69 Å². The van der Waals surface area contributed by atoms with Crippen molar-refractivity contribution in [2.24, 2.45) is 0 Å². The molecule has 0 saturated carbocycles. The Balaban J connectivity index is 3.49. The minimum absolute atomic E-state index is 0.131. The smallest absolute Gasteiger partial charge is 0.343 e. The molecular formula is C8H6Cl3N3O3S. The van der Waals surface area contributed by atoms with Crippen molar-refractivity contribution in [3.05, 3.63) is 32.6 Å². The van der Waals surface area contributed by atoms with Gasteiger partial charge in [0.15, 0.2) is 0 Å². The van der Waals surface area contributed by atoms with Gasteiger partial charge in [0.25, 0.3) is 8.68 Å². The topological polar surface area (TPSA) is 77.0 Å². The lowest BCUT2D eigenvalue weighted by molar-refractivity contribution is 0.126. The molecule has 10 heteroatoms. The predicted molar refractivity (Wildman–Crippen MR) is 70.0 cm³/mol. The third-order valence-corrected chi connectivity index (χ3v) is 3.04. The average Bonchev–Trinajstić information content (AvgIpc) is 2.27. The van der Waals surface area contributed by atoms with Crippen LogP contribution in [0.5, 0.6) is 0 Å². The SMILES string of the molecule is COCn1cc(C#N)c(=O)n(SC(Cl)(Cl)Cl)c1=O. The van der Waals surface area contributed by atoms with Crippen molar-refractivity contribution in [3.8, 4) is 6.07 Å². The fraction of sp³-hybridized carbons (Fsp3) is 0.375.